The van der Waals surface area contributed by atoms with Crippen molar-refractivity contribution < 1.29 is 27.8 Å². The predicted molar refractivity (Wildman–Crippen MR) is 147 cm³/mol. The van der Waals surface area contributed by atoms with E-state index < -0.39 is 44.3 Å². The number of rotatable bonds is 21. The molecular formula is C27H47N2O8P. The Labute approximate surface area is 227 Å². The van der Waals surface area contributed by atoms with Gasteiger partial charge in [0.2, 0.25) is 0 Å². The minimum Gasteiger partial charge on any atom is -0.460 e. The summed E-state index contributed by atoms with van der Waals surface area (Å²) in [5.41, 5.74) is -1.08. The molecule has 0 aromatic carbocycles. The molecule has 10 nitrogen and oxygen atoms in total. The molecule has 0 bridgehead atoms. The predicted octanol–water partition coefficient (Wildman–Crippen LogP) is 5.75. The zero-order valence-corrected chi connectivity index (χ0v) is 24.3. The first-order valence-electron chi connectivity index (χ1n) is 14.3. The molecule has 2 heterocycles. The third-order valence-electron chi connectivity index (χ3n) is 6.39. The highest BCUT2D eigenvalue weighted by Gasteiger charge is 2.39. The van der Waals surface area contributed by atoms with Gasteiger partial charge < -0.3 is 23.0 Å². The summed E-state index contributed by atoms with van der Waals surface area (Å²) >= 11 is 0. The summed E-state index contributed by atoms with van der Waals surface area (Å²) < 4.78 is 30.7. The number of ether oxygens (including phenoxy) is 2. The lowest BCUT2D eigenvalue weighted by atomic mass is 10.1. The number of hydrogen-bond donors (Lipinski definition) is 1. The van der Waals surface area contributed by atoms with Gasteiger partial charge in [0, 0.05) is 25.6 Å². The highest BCUT2D eigenvalue weighted by Crippen LogP contribution is 2.42. The molecule has 0 radical (unpaired) electrons. The van der Waals surface area contributed by atoms with Crippen LogP contribution in [0.2, 0.25) is 0 Å². The van der Waals surface area contributed by atoms with Crippen LogP contribution in [0.1, 0.15) is 110 Å². The number of nitrogens with one attached hydrogen (secondary N) is 1. The van der Waals surface area contributed by atoms with Gasteiger partial charge in [0.05, 0.1) is 19.8 Å². The van der Waals surface area contributed by atoms with E-state index in [1.165, 1.54) is 75.1 Å². The second-order valence-electron chi connectivity index (χ2n) is 9.75. The molecular weight excluding hydrogens is 511 g/mol. The number of aromatic nitrogens is 2. The number of carbonyl (C=O) groups excluding carboxylic acids is 1. The Kier molecular flexibility index (Phi) is 16.7. The summed E-state index contributed by atoms with van der Waals surface area (Å²) in [5.74, 6) is -0.445. The maximum absolute atomic E-state index is 12.2. The number of carbonyl (C=O) groups is 1. The summed E-state index contributed by atoms with van der Waals surface area (Å²) in [6, 6.07) is 1.25. The third-order valence-corrected chi connectivity index (χ3v) is 7.54. The van der Waals surface area contributed by atoms with Crippen LogP contribution in [0.25, 0.3) is 0 Å². The number of aromatic amines is 1. The average molecular weight is 559 g/mol. The van der Waals surface area contributed by atoms with Gasteiger partial charge in [-0.25, -0.2) is 4.79 Å². The summed E-state index contributed by atoms with van der Waals surface area (Å²) in [6.07, 6.45) is 13.7. The lowest BCUT2D eigenvalue weighted by molar-refractivity contribution is -0.150. The first-order chi connectivity index (χ1) is 18.4. The standard InChI is InChI=1S/C27H47N2O8P/c1-4-6-8-10-12-14-18-33-38(34-19-15-13-11-9-7-5-2)35-21-24-23(36-22(3)30)20-26(37-24)29-17-16-25(31)28-27(29)32/h16-17,23-24,26H,4-15,18-21H2,1-3H3,(H,28,31,32)/t23-,24+,26+/m0/s1. The SMILES string of the molecule is CCCCCCCCOP(OCCCCCCCC)OC[C@H]1O[C@@H](n2ccc(=O)[nH]c2=O)C[C@@H]1OC(C)=O. The molecule has 1 aliphatic rings. The van der Waals surface area contributed by atoms with Crippen LogP contribution in [-0.4, -0.2) is 47.5 Å². The Morgan fingerprint density at radius 3 is 2.08 bits per heavy atom. The first-order valence-corrected chi connectivity index (χ1v) is 15.4. The van der Waals surface area contributed by atoms with E-state index >= 15 is 0 Å². The van der Waals surface area contributed by atoms with Gasteiger partial charge in [-0.3, -0.25) is 19.1 Å². The van der Waals surface area contributed by atoms with Crippen molar-refractivity contribution in [3.05, 3.63) is 33.1 Å². The minimum atomic E-state index is -1.59. The molecule has 1 fully saturated rings. The Balaban J connectivity index is 1.90. The first kappa shape index (κ1) is 32.6. The lowest BCUT2D eigenvalue weighted by Gasteiger charge is -2.22. The van der Waals surface area contributed by atoms with Gasteiger partial charge >= 0.3 is 20.3 Å². The van der Waals surface area contributed by atoms with Crippen LogP contribution >= 0.6 is 8.60 Å². The quantitative estimate of drug-likeness (QED) is 0.115. The fourth-order valence-electron chi connectivity index (χ4n) is 4.30. The number of hydrogen-bond acceptors (Lipinski definition) is 8. The van der Waals surface area contributed by atoms with Crippen LogP contribution in [0.3, 0.4) is 0 Å². The summed E-state index contributed by atoms with van der Waals surface area (Å²) in [4.78, 5) is 37.6. The van der Waals surface area contributed by atoms with Crippen molar-refractivity contribution in [3.8, 4) is 0 Å². The third kappa shape index (κ3) is 13.0. The topological polar surface area (TPSA) is 118 Å². The Hall–Kier alpha value is -1.58. The monoisotopic (exact) mass is 558 g/mol. The second-order valence-corrected chi connectivity index (χ2v) is 11.0. The largest absolute Gasteiger partial charge is 0.460 e. The van der Waals surface area contributed by atoms with E-state index in [9.17, 15) is 14.4 Å². The van der Waals surface area contributed by atoms with E-state index in [4.69, 9.17) is 23.0 Å². The molecule has 3 atom stereocenters. The van der Waals surface area contributed by atoms with Crippen LogP contribution in [0.15, 0.2) is 21.9 Å². The van der Waals surface area contributed by atoms with Gasteiger partial charge in [0.1, 0.15) is 18.4 Å². The Bertz CT molecular complexity index is 874. The van der Waals surface area contributed by atoms with Gasteiger partial charge in [0.25, 0.3) is 5.56 Å². The van der Waals surface area contributed by atoms with E-state index in [1.807, 2.05) is 0 Å². The van der Waals surface area contributed by atoms with Crippen LogP contribution in [0, 0.1) is 0 Å². The van der Waals surface area contributed by atoms with Crippen LogP contribution in [0.5, 0.6) is 0 Å². The number of nitrogens with zero attached hydrogens (tertiary/aromatic N) is 1. The number of esters is 1. The van der Waals surface area contributed by atoms with Crippen molar-refractivity contribution in [3.63, 3.8) is 0 Å². The van der Waals surface area contributed by atoms with E-state index in [2.05, 4.69) is 18.8 Å². The highest BCUT2D eigenvalue weighted by molar-refractivity contribution is 7.41. The molecule has 2 rings (SSSR count). The molecule has 0 unspecified atom stereocenters. The normalized spacial score (nSPS) is 19.3. The van der Waals surface area contributed by atoms with Crippen LogP contribution in [0.4, 0.5) is 0 Å². The Morgan fingerprint density at radius 2 is 1.53 bits per heavy atom. The summed E-state index contributed by atoms with van der Waals surface area (Å²) in [7, 11) is -1.59. The van der Waals surface area contributed by atoms with Gasteiger partial charge in [0.15, 0.2) is 0 Å². The van der Waals surface area contributed by atoms with Crippen molar-refractivity contribution in [1.29, 1.82) is 0 Å². The molecule has 38 heavy (non-hydrogen) atoms. The molecule has 0 saturated carbocycles. The molecule has 218 valence electrons. The summed E-state index contributed by atoms with van der Waals surface area (Å²) in [6.45, 7) is 6.94. The molecule has 1 aromatic heterocycles. The highest BCUT2D eigenvalue weighted by atomic mass is 31.2. The van der Waals surface area contributed by atoms with E-state index in [0.717, 1.165) is 25.7 Å². The lowest BCUT2D eigenvalue weighted by Crippen LogP contribution is -2.32. The molecule has 0 amide bonds. The molecule has 0 aliphatic carbocycles. The molecule has 11 heteroatoms. The number of unbranched alkanes of at least 4 members (excludes halogenated alkanes) is 10. The zero-order chi connectivity index (χ0) is 27.6. The zero-order valence-electron chi connectivity index (χ0n) is 23.4. The molecule has 1 aromatic rings. The van der Waals surface area contributed by atoms with Gasteiger partial charge in [-0.1, -0.05) is 78.1 Å². The molecule has 1 aliphatic heterocycles. The summed E-state index contributed by atoms with van der Waals surface area (Å²) in [5, 5.41) is 0. The maximum atomic E-state index is 12.2. The van der Waals surface area contributed by atoms with E-state index in [1.54, 1.807) is 0 Å². The fraction of sp³-hybridized carbons (Fsp3) is 0.815. The van der Waals surface area contributed by atoms with Crippen LogP contribution < -0.4 is 11.2 Å². The van der Waals surface area contributed by atoms with Crippen LogP contribution in [-0.2, 0) is 27.8 Å². The maximum Gasteiger partial charge on any atom is 0.332 e. The van der Waals surface area contributed by atoms with Crippen molar-refractivity contribution in [2.75, 3.05) is 19.8 Å². The Morgan fingerprint density at radius 1 is 0.947 bits per heavy atom. The smallest absolute Gasteiger partial charge is 0.332 e. The van der Waals surface area contributed by atoms with Gasteiger partial charge in [-0.05, 0) is 12.8 Å². The van der Waals surface area contributed by atoms with Gasteiger partial charge in [-0.2, -0.15) is 0 Å². The minimum absolute atomic E-state index is 0.0885. The van der Waals surface area contributed by atoms with Crippen molar-refractivity contribution in [1.82, 2.24) is 9.55 Å². The van der Waals surface area contributed by atoms with Crippen molar-refractivity contribution in [2.45, 2.75) is 123 Å². The molecule has 1 N–H and O–H groups in total. The van der Waals surface area contributed by atoms with E-state index in [-0.39, 0.29) is 13.0 Å². The average Bonchev–Trinajstić information content (AvgIpc) is 3.26. The van der Waals surface area contributed by atoms with E-state index in [0.29, 0.717) is 13.2 Å². The molecule has 1 saturated heterocycles. The fourth-order valence-corrected chi connectivity index (χ4v) is 5.35. The second kappa shape index (κ2) is 19.5. The van der Waals surface area contributed by atoms with Crippen molar-refractivity contribution in [2.24, 2.45) is 0 Å². The van der Waals surface area contributed by atoms with Gasteiger partial charge in [-0.15, -0.1) is 0 Å². The van der Waals surface area contributed by atoms with Crippen molar-refractivity contribution >= 4 is 14.6 Å². The number of H-pyrrole nitrogens is 1. The molecule has 0 spiro atoms.